The highest BCUT2D eigenvalue weighted by atomic mass is 16.3. The molecule has 0 aliphatic carbocycles. The van der Waals surface area contributed by atoms with Crippen LogP contribution in [0.15, 0.2) is 24.3 Å². The Kier molecular flexibility index (Phi) is 47.3. The van der Waals surface area contributed by atoms with Crippen molar-refractivity contribution in [1.29, 1.82) is 0 Å². The maximum Gasteiger partial charge on any atom is 0.220 e. The zero-order chi connectivity index (χ0) is 40.7. The van der Waals surface area contributed by atoms with Crippen molar-refractivity contribution in [3.8, 4) is 0 Å². The van der Waals surface area contributed by atoms with Crippen molar-refractivity contribution in [2.75, 3.05) is 6.61 Å². The first-order chi connectivity index (χ1) is 27.7. The van der Waals surface area contributed by atoms with Crippen LogP contribution in [-0.4, -0.2) is 34.9 Å². The van der Waals surface area contributed by atoms with E-state index in [1.165, 1.54) is 238 Å². The molecule has 0 spiro atoms. The second-order valence-corrected chi connectivity index (χ2v) is 17.6. The summed E-state index contributed by atoms with van der Waals surface area (Å²) < 4.78 is 0. The largest absolute Gasteiger partial charge is 0.394 e. The Morgan fingerprint density at radius 2 is 0.679 bits per heavy atom. The van der Waals surface area contributed by atoms with Gasteiger partial charge >= 0.3 is 0 Å². The van der Waals surface area contributed by atoms with Crippen LogP contribution in [0.2, 0.25) is 0 Å². The molecule has 3 N–H and O–H groups in total. The summed E-state index contributed by atoms with van der Waals surface area (Å²) in [5, 5.41) is 22.9. The number of carbonyl (C=O) groups excluding carboxylic acids is 1. The van der Waals surface area contributed by atoms with Crippen LogP contribution < -0.4 is 5.32 Å². The number of nitrogens with one attached hydrogen (secondary N) is 1. The van der Waals surface area contributed by atoms with E-state index in [0.29, 0.717) is 6.42 Å². The highest BCUT2D eigenvalue weighted by Gasteiger charge is 2.18. The first-order valence-corrected chi connectivity index (χ1v) is 25.6. The molecular formula is C52H101NO3. The van der Waals surface area contributed by atoms with E-state index >= 15 is 0 Å². The molecule has 0 heterocycles. The number of carbonyl (C=O) groups is 1. The van der Waals surface area contributed by atoms with Crippen molar-refractivity contribution in [3.05, 3.63) is 24.3 Å². The lowest BCUT2D eigenvalue weighted by atomic mass is 10.0. The van der Waals surface area contributed by atoms with Crippen LogP contribution in [0.3, 0.4) is 0 Å². The molecule has 332 valence electrons. The fraction of sp³-hybridized carbons (Fsp3) is 0.904. The van der Waals surface area contributed by atoms with E-state index in [1.807, 2.05) is 6.08 Å². The van der Waals surface area contributed by atoms with Crippen molar-refractivity contribution in [2.45, 2.75) is 296 Å². The van der Waals surface area contributed by atoms with E-state index in [4.69, 9.17) is 0 Å². The Hall–Kier alpha value is -1.13. The molecule has 0 radical (unpaired) electrons. The molecular weight excluding hydrogens is 687 g/mol. The van der Waals surface area contributed by atoms with E-state index in [0.717, 1.165) is 25.7 Å². The Morgan fingerprint density at radius 3 is 0.982 bits per heavy atom. The first-order valence-electron chi connectivity index (χ1n) is 25.6. The molecule has 0 aromatic rings. The Labute approximate surface area is 351 Å². The third-order valence-electron chi connectivity index (χ3n) is 11.9. The van der Waals surface area contributed by atoms with Gasteiger partial charge in [0.05, 0.1) is 18.8 Å². The van der Waals surface area contributed by atoms with Gasteiger partial charge in [0.15, 0.2) is 0 Å². The van der Waals surface area contributed by atoms with Crippen LogP contribution in [0.1, 0.15) is 284 Å². The number of hydrogen-bond acceptors (Lipinski definition) is 3. The number of rotatable bonds is 47. The van der Waals surface area contributed by atoms with Gasteiger partial charge in [0, 0.05) is 6.42 Å². The number of amides is 1. The van der Waals surface area contributed by atoms with Crippen molar-refractivity contribution in [3.63, 3.8) is 0 Å². The van der Waals surface area contributed by atoms with Gasteiger partial charge in [0.1, 0.15) is 0 Å². The minimum absolute atomic E-state index is 0.0619. The first kappa shape index (κ1) is 54.9. The molecule has 0 saturated carbocycles. The molecule has 1 amide bonds. The second kappa shape index (κ2) is 48.2. The normalized spacial score (nSPS) is 13.0. The summed E-state index contributed by atoms with van der Waals surface area (Å²) >= 11 is 0. The zero-order valence-corrected chi connectivity index (χ0v) is 38.2. The SMILES string of the molecule is CCCCCCCCC/C=C/C(O)C(CO)NC(=O)CCCCCCCCCCCCCCCCCCCCCCCCC/C=C\CCCCCCCCCC. The molecule has 2 unspecified atom stereocenters. The topological polar surface area (TPSA) is 69.6 Å². The number of aliphatic hydroxyl groups excluding tert-OH is 2. The number of allylic oxidation sites excluding steroid dienone is 3. The second-order valence-electron chi connectivity index (χ2n) is 17.6. The summed E-state index contributed by atoms with van der Waals surface area (Å²) in [6.45, 7) is 4.29. The van der Waals surface area contributed by atoms with Gasteiger partial charge in [-0.05, 0) is 44.9 Å². The summed E-state index contributed by atoms with van der Waals surface area (Å²) in [7, 11) is 0. The summed E-state index contributed by atoms with van der Waals surface area (Å²) in [5.41, 5.74) is 0. The molecule has 0 saturated heterocycles. The lowest BCUT2D eigenvalue weighted by molar-refractivity contribution is -0.123. The van der Waals surface area contributed by atoms with Gasteiger partial charge in [0.2, 0.25) is 5.91 Å². The number of hydrogen-bond donors (Lipinski definition) is 3. The van der Waals surface area contributed by atoms with Crippen LogP contribution in [0, 0.1) is 0 Å². The summed E-state index contributed by atoms with van der Waals surface area (Å²) in [4.78, 5) is 12.4. The summed E-state index contributed by atoms with van der Waals surface area (Å²) in [6, 6.07) is -0.616. The molecule has 4 heteroatoms. The van der Waals surface area contributed by atoms with Gasteiger partial charge in [0.25, 0.3) is 0 Å². The van der Waals surface area contributed by atoms with Gasteiger partial charge in [-0.25, -0.2) is 0 Å². The fourth-order valence-electron chi connectivity index (χ4n) is 8.00. The van der Waals surface area contributed by atoms with Crippen molar-refractivity contribution in [1.82, 2.24) is 5.32 Å². The summed E-state index contributed by atoms with van der Waals surface area (Å²) in [6.07, 6.45) is 63.5. The van der Waals surface area contributed by atoms with Crippen molar-refractivity contribution < 1.29 is 15.0 Å². The standard InChI is InChI=1S/C52H101NO3/c1-3-5-7-9-11-13-14-15-16-17-18-19-20-21-22-23-24-25-26-27-28-29-30-31-32-33-34-35-36-37-38-40-42-44-46-48-52(56)53-50(49-54)51(55)47-45-43-41-39-12-10-8-6-4-2/h17-18,45,47,50-51,54-55H,3-16,19-44,46,48-49H2,1-2H3,(H,53,56)/b18-17-,47-45+. The van der Waals surface area contributed by atoms with Crippen LogP contribution in [0.5, 0.6) is 0 Å². The van der Waals surface area contributed by atoms with E-state index < -0.39 is 12.1 Å². The van der Waals surface area contributed by atoms with E-state index in [2.05, 4.69) is 31.3 Å². The minimum atomic E-state index is -0.833. The zero-order valence-electron chi connectivity index (χ0n) is 38.2. The average molecular weight is 788 g/mol. The van der Waals surface area contributed by atoms with E-state index in [1.54, 1.807) is 6.08 Å². The predicted octanol–water partition coefficient (Wildman–Crippen LogP) is 16.4. The molecule has 56 heavy (non-hydrogen) atoms. The smallest absolute Gasteiger partial charge is 0.220 e. The molecule has 0 aliphatic heterocycles. The lowest BCUT2D eigenvalue weighted by Gasteiger charge is -2.20. The summed E-state index contributed by atoms with van der Waals surface area (Å²) in [5.74, 6) is -0.0619. The average Bonchev–Trinajstić information content (AvgIpc) is 3.20. The fourth-order valence-corrected chi connectivity index (χ4v) is 8.00. The lowest BCUT2D eigenvalue weighted by Crippen LogP contribution is -2.45. The van der Waals surface area contributed by atoms with Gasteiger partial charge in [-0.3, -0.25) is 4.79 Å². The molecule has 2 atom stereocenters. The maximum absolute atomic E-state index is 12.4. The quantitative estimate of drug-likeness (QED) is 0.0425. The van der Waals surface area contributed by atoms with Gasteiger partial charge in [-0.15, -0.1) is 0 Å². The van der Waals surface area contributed by atoms with Crippen LogP contribution in [0.4, 0.5) is 0 Å². The van der Waals surface area contributed by atoms with Crippen molar-refractivity contribution >= 4 is 5.91 Å². The Morgan fingerprint density at radius 1 is 0.411 bits per heavy atom. The minimum Gasteiger partial charge on any atom is -0.394 e. The third-order valence-corrected chi connectivity index (χ3v) is 11.9. The van der Waals surface area contributed by atoms with Gasteiger partial charge in [-0.2, -0.15) is 0 Å². The predicted molar refractivity (Wildman–Crippen MR) is 249 cm³/mol. The number of aliphatic hydroxyl groups is 2. The molecule has 0 fully saturated rings. The van der Waals surface area contributed by atoms with Crippen molar-refractivity contribution in [2.24, 2.45) is 0 Å². The highest BCUT2D eigenvalue weighted by molar-refractivity contribution is 5.76. The van der Waals surface area contributed by atoms with Crippen LogP contribution in [0.25, 0.3) is 0 Å². The molecule has 4 nitrogen and oxygen atoms in total. The Balaban J connectivity index is 3.35. The maximum atomic E-state index is 12.4. The molecule has 0 bridgehead atoms. The molecule has 0 aromatic carbocycles. The van der Waals surface area contributed by atoms with Gasteiger partial charge in [-0.1, -0.05) is 256 Å². The third kappa shape index (κ3) is 44.0. The van der Waals surface area contributed by atoms with Gasteiger partial charge < -0.3 is 15.5 Å². The van der Waals surface area contributed by atoms with Crippen LogP contribution in [-0.2, 0) is 4.79 Å². The highest BCUT2D eigenvalue weighted by Crippen LogP contribution is 2.17. The van der Waals surface area contributed by atoms with E-state index in [9.17, 15) is 15.0 Å². The van der Waals surface area contributed by atoms with Crippen LogP contribution >= 0.6 is 0 Å². The molecule has 0 aliphatic rings. The molecule has 0 aromatic heterocycles. The Bertz CT molecular complexity index is 810. The molecule has 0 rings (SSSR count). The monoisotopic (exact) mass is 788 g/mol. The number of unbranched alkanes of at least 4 members (excludes halogenated alkanes) is 38. The van der Waals surface area contributed by atoms with E-state index in [-0.39, 0.29) is 12.5 Å².